The van der Waals surface area contributed by atoms with Crippen molar-refractivity contribution in [3.05, 3.63) is 41.5 Å². The summed E-state index contributed by atoms with van der Waals surface area (Å²) in [5.74, 6) is 0.132. The molecule has 0 aliphatic carbocycles. The molecule has 1 aromatic heterocycles. The van der Waals surface area contributed by atoms with Gasteiger partial charge < -0.3 is 9.84 Å². The second kappa shape index (κ2) is 4.92. The Morgan fingerprint density at radius 2 is 2.06 bits per heavy atom. The lowest BCUT2D eigenvalue weighted by Gasteiger charge is -2.03. The van der Waals surface area contributed by atoms with E-state index in [1.807, 2.05) is 12.1 Å². The topological polar surface area (TPSA) is 60.2 Å². The van der Waals surface area contributed by atoms with Crippen molar-refractivity contribution in [2.75, 3.05) is 7.11 Å². The lowest BCUT2D eigenvalue weighted by Crippen LogP contribution is -2.05. The van der Waals surface area contributed by atoms with Crippen molar-refractivity contribution < 1.29 is 14.2 Å². The first kappa shape index (κ1) is 11.5. The molecule has 1 heterocycles. The number of aromatic nitrogens is 3. The predicted octanol–water partition coefficient (Wildman–Crippen LogP) is 0.966. The highest BCUT2D eigenvalue weighted by Crippen LogP contribution is 2.13. The van der Waals surface area contributed by atoms with Crippen LogP contribution in [-0.2, 0) is 13.2 Å². The number of hydrogen-bond donors (Lipinski definition) is 1. The van der Waals surface area contributed by atoms with Crippen LogP contribution in [0, 0.1) is 5.95 Å². The monoisotopic (exact) mass is 237 g/mol. The second-order valence-electron chi connectivity index (χ2n) is 3.49. The Labute approximate surface area is 97.5 Å². The molecule has 2 aromatic rings. The molecule has 0 fully saturated rings. The molecule has 5 nitrogen and oxygen atoms in total. The molecule has 0 aliphatic rings. The molecule has 90 valence electrons. The minimum Gasteiger partial charge on any atom is -0.497 e. The smallest absolute Gasteiger partial charge is 0.237 e. The molecule has 0 radical (unpaired) electrons. The lowest BCUT2D eigenvalue weighted by atomic mass is 10.2. The zero-order valence-corrected chi connectivity index (χ0v) is 9.30. The van der Waals surface area contributed by atoms with E-state index in [1.54, 1.807) is 19.2 Å². The van der Waals surface area contributed by atoms with E-state index in [-0.39, 0.29) is 12.2 Å². The Morgan fingerprint density at radius 1 is 1.35 bits per heavy atom. The first-order chi connectivity index (χ1) is 8.24. The van der Waals surface area contributed by atoms with Gasteiger partial charge in [-0.05, 0) is 17.7 Å². The Balaban J connectivity index is 2.16. The van der Waals surface area contributed by atoms with Gasteiger partial charge in [-0.3, -0.25) is 0 Å². The average molecular weight is 237 g/mol. The van der Waals surface area contributed by atoms with Gasteiger partial charge in [-0.25, -0.2) is 4.68 Å². The SMILES string of the molecule is COc1ccc(Cn2nnc(CO)c2F)cc1. The fraction of sp³-hybridized carbons (Fsp3) is 0.273. The molecule has 1 aromatic carbocycles. The van der Waals surface area contributed by atoms with E-state index in [1.165, 1.54) is 0 Å². The summed E-state index contributed by atoms with van der Waals surface area (Å²) in [6, 6.07) is 7.21. The first-order valence-corrected chi connectivity index (χ1v) is 5.06. The van der Waals surface area contributed by atoms with Crippen molar-refractivity contribution >= 4 is 0 Å². The molecular formula is C11H12FN3O2. The van der Waals surface area contributed by atoms with E-state index < -0.39 is 12.6 Å². The molecular weight excluding hydrogens is 225 g/mol. The summed E-state index contributed by atoms with van der Waals surface area (Å²) in [6.07, 6.45) is 0. The van der Waals surface area contributed by atoms with E-state index >= 15 is 0 Å². The molecule has 6 heteroatoms. The number of hydrogen-bond acceptors (Lipinski definition) is 4. The summed E-state index contributed by atoms with van der Waals surface area (Å²) in [6.45, 7) is -0.183. The van der Waals surface area contributed by atoms with Crippen LogP contribution in [-0.4, -0.2) is 27.2 Å². The third kappa shape index (κ3) is 2.42. The van der Waals surface area contributed by atoms with Gasteiger partial charge in [-0.2, -0.15) is 4.39 Å². The van der Waals surface area contributed by atoms with E-state index in [0.29, 0.717) is 0 Å². The Kier molecular flexibility index (Phi) is 3.34. The Hall–Kier alpha value is -1.95. The normalized spacial score (nSPS) is 10.5. The molecule has 0 aliphatic heterocycles. The van der Waals surface area contributed by atoms with E-state index in [2.05, 4.69) is 10.3 Å². The maximum Gasteiger partial charge on any atom is 0.237 e. The highest BCUT2D eigenvalue weighted by Gasteiger charge is 2.11. The quantitative estimate of drug-likeness (QED) is 0.860. The van der Waals surface area contributed by atoms with Crippen LogP contribution in [0.1, 0.15) is 11.3 Å². The fourth-order valence-electron chi connectivity index (χ4n) is 1.44. The fourth-order valence-corrected chi connectivity index (χ4v) is 1.44. The average Bonchev–Trinajstić information content (AvgIpc) is 2.71. The maximum absolute atomic E-state index is 13.5. The van der Waals surface area contributed by atoms with E-state index in [4.69, 9.17) is 9.84 Å². The van der Waals surface area contributed by atoms with Gasteiger partial charge in [-0.15, -0.1) is 5.10 Å². The van der Waals surface area contributed by atoms with Crippen LogP contribution in [0.5, 0.6) is 5.75 Å². The van der Waals surface area contributed by atoms with Crippen LogP contribution in [0.3, 0.4) is 0 Å². The largest absolute Gasteiger partial charge is 0.497 e. The minimum atomic E-state index is -0.608. The zero-order valence-electron chi connectivity index (χ0n) is 9.30. The molecule has 0 spiro atoms. The highest BCUT2D eigenvalue weighted by molar-refractivity contribution is 5.27. The number of aliphatic hydroxyl groups is 1. The highest BCUT2D eigenvalue weighted by atomic mass is 19.1. The number of nitrogens with zero attached hydrogens (tertiary/aromatic N) is 3. The molecule has 0 amide bonds. The third-order valence-electron chi connectivity index (χ3n) is 2.38. The summed E-state index contributed by atoms with van der Waals surface area (Å²) < 4.78 is 19.6. The standard InChI is InChI=1S/C11H12FN3O2/c1-17-9-4-2-8(3-5-9)6-15-11(12)10(7-16)13-14-15/h2-5,16H,6-7H2,1H3. The van der Waals surface area contributed by atoms with Crippen LogP contribution in [0.25, 0.3) is 0 Å². The summed E-state index contributed by atoms with van der Waals surface area (Å²) in [7, 11) is 1.58. The van der Waals surface area contributed by atoms with E-state index in [9.17, 15) is 4.39 Å². The number of rotatable bonds is 4. The van der Waals surface area contributed by atoms with Gasteiger partial charge in [0.2, 0.25) is 5.95 Å². The summed E-state index contributed by atoms with van der Waals surface area (Å²) in [5.41, 5.74) is 0.831. The van der Waals surface area contributed by atoms with Crippen molar-refractivity contribution in [3.8, 4) is 5.75 Å². The van der Waals surface area contributed by atoms with Gasteiger partial charge in [-0.1, -0.05) is 17.3 Å². The number of halogens is 1. The third-order valence-corrected chi connectivity index (χ3v) is 2.38. The molecule has 0 saturated heterocycles. The van der Waals surface area contributed by atoms with Gasteiger partial charge in [0.05, 0.1) is 20.3 Å². The van der Waals surface area contributed by atoms with Gasteiger partial charge in [0.1, 0.15) is 11.4 Å². The molecule has 17 heavy (non-hydrogen) atoms. The van der Waals surface area contributed by atoms with Crippen molar-refractivity contribution in [1.29, 1.82) is 0 Å². The second-order valence-corrected chi connectivity index (χ2v) is 3.49. The van der Waals surface area contributed by atoms with Gasteiger partial charge >= 0.3 is 0 Å². The van der Waals surface area contributed by atoms with Crippen molar-refractivity contribution in [3.63, 3.8) is 0 Å². The van der Waals surface area contributed by atoms with Gasteiger partial charge in [0.25, 0.3) is 0 Å². The molecule has 2 rings (SSSR count). The number of aliphatic hydroxyl groups excluding tert-OH is 1. The number of methoxy groups -OCH3 is 1. The van der Waals surface area contributed by atoms with Crippen molar-refractivity contribution in [2.24, 2.45) is 0 Å². The van der Waals surface area contributed by atoms with Crippen LogP contribution < -0.4 is 4.74 Å². The summed E-state index contributed by atoms with van der Waals surface area (Å²) in [5, 5.41) is 15.9. The molecule has 0 unspecified atom stereocenters. The van der Waals surface area contributed by atoms with Crippen molar-refractivity contribution in [1.82, 2.24) is 15.0 Å². The van der Waals surface area contributed by atoms with Crippen LogP contribution in [0.4, 0.5) is 4.39 Å². The molecule has 1 N–H and O–H groups in total. The van der Waals surface area contributed by atoms with Crippen molar-refractivity contribution in [2.45, 2.75) is 13.2 Å². The van der Waals surface area contributed by atoms with Crippen LogP contribution >= 0.6 is 0 Å². The number of ether oxygens (including phenoxy) is 1. The zero-order chi connectivity index (χ0) is 12.3. The Morgan fingerprint density at radius 3 is 2.59 bits per heavy atom. The Bertz CT molecular complexity index is 496. The molecule has 0 saturated carbocycles. The molecule has 0 atom stereocenters. The van der Waals surface area contributed by atoms with Crippen LogP contribution in [0.15, 0.2) is 24.3 Å². The summed E-state index contributed by atoms with van der Waals surface area (Å²) in [4.78, 5) is 0. The van der Waals surface area contributed by atoms with Crippen LogP contribution in [0.2, 0.25) is 0 Å². The first-order valence-electron chi connectivity index (χ1n) is 5.06. The van der Waals surface area contributed by atoms with Gasteiger partial charge in [0, 0.05) is 0 Å². The van der Waals surface area contributed by atoms with E-state index in [0.717, 1.165) is 16.0 Å². The predicted molar refractivity (Wildman–Crippen MR) is 58.0 cm³/mol. The minimum absolute atomic E-state index is 0.0430. The van der Waals surface area contributed by atoms with Gasteiger partial charge in [0.15, 0.2) is 0 Å². The summed E-state index contributed by atoms with van der Waals surface area (Å²) >= 11 is 0. The molecule has 0 bridgehead atoms. The lowest BCUT2D eigenvalue weighted by molar-refractivity contribution is 0.269. The number of benzene rings is 1. The maximum atomic E-state index is 13.5.